The summed E-state index contributed by atoms with van der Waals surface area (Å²) in [5, 5.41) is 1.52. The second kappa shape index (κ2) is 6.15. The molecule has 0 spiro atoms. The highest BCUT2D eigenvalue weighted by atomic mass is 35.5. The number of rotatable bonds is 5. The number of alkyl halides is 2. The molecule has 0 radical (unpaired) electrons. The Kier molecular flexibility index (Phi) is 3.95. The summed E-state index contributed by atoms with van der Waals surface area (Å²) >= 11 is 6.07. The molecule has 0 unspecified atom stereocenters. The maximum absolute atomic E-state index is 12.8. The van der Waals surface area contributed by atoms with E-state index < -0.39 is 12.2 Å². The van der Waals surface area contributed by atoms with Gasteiger partial charge >= 0.3 is 6.61 Å². The van der Waals surface area contributed by atoms with E-state index in [4.69, 9.17) is 16.3 Å². The zero-order valence-electron chi connectivity index (χ0n) is 12.9. The second-order valence-corrected chi connectivity index (χ2v) is 6.38. The van der Waals surface area contributed by atoms with Crippen molar-refractivity contribution in [1.29, 1.82) is 0 Å². The molecule has 4 rings (SSSR count). The standard InChI is InChI=1S/C17H13ClF2N2O3/c18-12-6-21-5-11-9-3-14(25-17(19)20)13(24-7-8-1-2-8)4-10(9)16(23)22-15(11)12/h3-6,8,17H,1-2,7H2,(H,22,23). The van der Waals surface area contributed by atoms with Crippen molar-refractivity contribution >= 4 is 33.3 Å². The van der Waals surface area contributed by atoms with Crippen LogP contribution in [0.3, 0.4) is 0 Å². The molecule has 1 saturated carbocycles. The minimum Gasteiger partial charge on any atom is -0.489 e. The predicted molar refractivity (Wildman–Crippen MR) is 89.7 cm³/mol. The average Bonchev–Trinajstić information content (AvgIpc) is 3.38. The van der Waals surface area contributed by atoms with Crippen molar-refractivity contribution in [2.45, 2.75) is 19.5 Å². The molecule has 130 valence electrons. The number of aromatic nitrogens is 2. The number of nitrogens with one attached hydrogen (secondary N) is 1. The lowest BCUT2D eigenvalue weighted by atomic mass is 10.1. The van der Waals surface area contributed by atoms with E-state index in [1.54, 1.807) is 0 Å². The minimum absolute atomic E-state index is 0.116. The molecule has 2 aromatic heterocycles. The van der Waals surface area contributed by atoms with Crippen LogP contribution in [-0.4, -0.2) is 23.2 Å². The van der Waals surface area contributed by atoms with E-state index in [0.29, 0.717) is 34.2 Å². The van der Waals surface area contributed by atoms with Gasteiger partial charge in [0.1, 0.15) is 0 Å². The van der Waals surface area contributed by atoms with E-state index in [2.05, 4.69) is 14.7 Å². The van der Waals surface area contributed by atoms with Gasteiger partial charge in [0, 0.05) is 23.2 Å². The zero-order valence-corrected chi connectivity index (χ0v) is 13.6. The summed E-state index contributed by atoms with van der Waals surface area (Å²) in [4.78, 5) is 19.1. The van der Waals surface area contributed by atoms with Crippen molar-refractivity contribution in [2.75, 3.05) is 6.61 Å². The molecular formula is C17H13ClF2N2O3. The number of H-pyrrole nitrogens is 1. The van der Waals surface area contributed by atoms with Crippen molar-refractivity contribution in [3.63, 3.8) is 0 Å². The first kappa shape index (κ1) is 16.1. The van der Waals surface area contributed by atoms with E-state index in [1.807, 2.05) is 0 Å². The maximum atomic E-state index is 12.8. The summed E-state index contributed by atoms with van der Waals surface area (Å²) in [6.07, 6.45) is 5.01. The second-order valence-electron chi connectivity index (χ2n) is 5.98. The third-order valence-corrected chi connectivity index (χ3v) is 4.43. The van der Waals surface area contributed by atoms with Gasteiger partial charge in [-0.1, -0.05) is 11.6 Å². The van der Waals surface area contributed by atoms with Gasteiger partial charge in [-0.05, 0) is 30.9 Å². The summed E-state index contributed by atoms with van der Waals surface area (Å²) in [5.74, 6) is 0.433. The van der Waals surface area contributed by atoms with Crippen LogP contribution in [0.25, 0.3) is 21.7 Å². The summed E-state index contributed by atoms with van der Waals surface area (Å²) in [5.41, 5.74) is -0.000665. The Morgan fingerprint density at radius 1 is 1.20 bits per heavy atom. The van der Waals surface area contributed by atoms with Crippen LogP contribution in [-0.2, 0) is 0 Å². The Balaban J connectivity index is 1.94. The lowest BCUT2D eigenvalue weighted by Crippen LogP contribution is -2.10. The first-order chi connectivity index (χ1) is 12.0. The van der Waals surface area contributed by atoms with Gasteiger partial charge < -0.3 is 14.5 Å². The van der Waals surface area contributed by atoms with Gasteiger partial charge in [-0.3, -0.25) is 9.78 Å². The highest BCUT2D eigenvalue weighted by Gasteiger charge is 2.23. The number of nitrogens with zero attached hydrogens (tertiary/aromatic N) is 1. The third-order valence-electron chi connectivity index (χ3n) is 4.14. The Morgan fingerprint density at radius 2 is 1.96 bits per heavy atom. The zero-order chi connectivity index (χ0) is 17.6. The number of pyridine rings is 2. The molecule has 0 aliphatic heterocycles. The molecule has 1 aromatic carbocycles. The molecule has 2 heterocycles. The fraction of sp³-hybridized carbons (Fsp3) is 0.294. The number of ether oxygens (including phenoxy) is 2. The lowest BCUT2D eigenvalue weighted by molar-refractivity contribution is -0.0514. The molecule has 25 heavy (non-hydrogen) atoms. The molecule has 8 heteroatoms. The van der Waals surface area contributed by atoms with Crippen molar-refractivity contribution in [3.05, 3.63) is 39.9 Å². The first-order valence-electron chi connectivity index (χ1n) is 7.74. The Morgan fingerprint density at radius 3 is 2.68 bits per heavy atom. The predicted octanol–water partition coefficient (Wildman–Crippen LogP) is 4.12. The van der Waals surface area contributed by atoms with Crippen molar-refractivity contribution in [3.8, 4) is 11.5 Å². The Bertz CT molecular complexity index is 1020. The van der Waals surface area contributed by atoms with Gasteiger partial charge in [-0.2, -0.15) is 8.78 Å². The molecule has 0 saturated heterocycles. The van der Waals surface area contributed by atoms with Crippen LogP contribution in [0.1, 0.15) is 12.8 Å². The third kappa shape index (κ3) is 3.11. The topological polar surface area (TPSA) is 64.2 Å². The Hall–Kier alpha value is -2.41. The number of hydrogen-bond donors (Lipinski definition) is 1. The molecule has 1 fully saturated rings. The Labute approximate surface area is 145 Å². The number of benzene rings is 1. The number of hydrogen-bond acceptors (Lipinski definition) is 4. The average molecular weight is 367 g/mol. The molecule has 3 aromatic rings. The molecule has 1 aliphatic carbocycles. The van der Waals surface area contributed by atoms with Crippen LogP contribution < -0.4 is 15.0 Å². The van der Waals surface area contributed by atoms with Gasteiger partial charge in [0.05, 0.1) is 22.5 Å². The first-order valence-corrected chi connectivity index (χ1v) is 8.11. The van der Waals surface area contributed by atoms with Gasteiger partial charge in [0.25, 0.3) is 5.56 Å². The van der Waals surface area contributed by atoms with Crippen molar-refractivity contribution in [1.82, 2.24) is 9.97 Å². The van der Waals surface area contributed by atoms with E-state index in [0.717, 1.165) is 12.8 Å². The molecule has 0 atom stereocenters. The van der Waals surface area contributed by atoms with Crippen LogP contribution in [0.4, 0.5) is 8.78 Å². The summed E-state index contributed by atoms with van der Waals surface area (Å²) in [6, 6.07) is 2.80. The number of fused-ring (bicyclic) bond motifs is 3. The van der Waals surface area contributed by atoms with Crippen LogP contribution in [0.5, 0.6) is 11.5 Å². The summed E-state index contributed by atoms with van der Waals surface area (Å²) < 4.78 is 35.8. The van der Waals surface area contributed by atoms with Crippen molar-refractivity contribution in [2.24, 2.45) is 5.92 Å². The van der Waals surface area contributed by atoms with Gasteiger partial charge in [0.2, 0.25) is 0 Å². The smallest absolute Gasteiger partial charge is 0.387 e. The summed E-state index contributed by atoms with van der Waals surface area (Å²) in [6.45, 7) is -2.60. The molecule has 0 bridgehead atoms. The summed E-state index contributed by atoms with van der Waals surface area (Å²) in [7, 11) is 0. The van der Waals surface area contributed by atoms with Crippen LogP contribution >= 0.6 is 11.6 Å². The monoisotopic (exact) mass is 366 g/mol. The van der Waals surface area contributed by atoms with Crippen molar-refractivity contribution < 1.29 is 18.3 Å². The largest absolute Gasteiger partial charge is 0.489 e. The fourth-order valence-corrected chi connectivity index (χ4v) is 2.92. The van der Waals surface area contributed by atoms with E-state index in [-0.39, 0.29) is 16.5 Å². The molecule has 0 amide bonds. The van der Waals surface area contributed by atoms with E-state index in [1.165, 1.54) is 24.5 Å². The van der Waals surface area contributed by atoms with Crippen LogP contribution in [0, 0.1) is 5.92 Å². The SMILES string of the molecule is O=c1[nH]c2c(Cl)cncc2c2cc(OC(F)F)c(OCC3CC3)cc12. The maximum Gasteiger partial charge on any atom is 0.387 e. The molecule has 5 nitrogen and oxygen atoms in total. The number of aromatic amines is 1. The minimum atomic E-state index is -3.00. The van der Waals surface area contributed by atoms with Crippen LogP contribution in [0.15, 0.2) is 29.3 Å². The van der Waals surface area contributed by atoms with Gasteiger partial charge in [-0.25, -0.2) is 0 Å². The molecule has 1 aliphatic rings. The number of halogens is 3. The normalized spacial score (nSPS) is 14.4. The van der Waals surface area contributed by atoms with E-state index in [9.17, 15) is 13.6 Å². The highest BCUT2D eigenvalue weighted by molar-refractivity contribution is 6.35. The highest BCUT2D eigenvalue weighted by Crippen LogP contribution is 2.37. The quantitative estimate of drug-likeness (QED) is 0.690. The van der Waals surface area contributed by atoms with Crippen LogP contribution in [0.2, 0.25) is 5.02 Å². The van der Waals surface area contributed by atoms with Gasteiger partial charge in [-0.15, -0.1) is 0 Å². The molecule has 1 N–H and O–H groups in total. The lowest BCUT2D eigenvalue weighted by Gasteiger charge is -2.14. The van der Waals surface area contributed by atoms with E-state index >= 15 is 0 Å². The fourth-order valence-electron chi connectivity index (χ4n) is 2.71. The van der Waals surface area contributed by atoms with Gasteiger partial charge in [0.15, 0.2) is 11.5 Å². The molecular weight excluding hydrogens is 354 g/mol.